The molecule has 1 aliphatic rings. The summed E-state index contributed by atoms with van der Waals surface area (Å²) in [6, 6.07) is 13.6. The van der Waals surface area contributed by atoms with Crippen LogP contribution in [0.4, 0.5) is 8.78 Å². The van der Waals surface area contributed by atoms with Crippen molar-refractivity contribution in [3.8, 4) is 16.9 Å². The molecule has 0 saturated carbocycles. The molecule has 0 bridgehead atoms. The second-order valence-corrected chi connectivity index (χ2v) is 10.1. The van der Waals surface area contributed by atoms with Gasteiger partial charge in [0, 0.05) is 47.8 Å². The van der Waals surface area contributed by atoms with Crippen molar-refractivity contribution in [1.82, 2.24) is 19.7 Å². The molecule has 1 aromatic carbocycles. The lowest BCUT2D eigenvalue weighted by atomic mass is 9.93. The largest absolute Gasteiger partial charge is 0.435 e. The first-order valence-corrected chi connectivity index (χ1v) is 12.7. The molecule has 11 heteroatoms. The Balaban J connectivity index is 1.65. The van der Waals surface area contributed by atoms with E-state index in [0.29, 0.717) is 30.2 Å². The van der Waals surface area contributed by atoms with Crippen LogP contribution in [-0.4, -0.2) is 48.9 Å². The van der Waals surface area contributed by atoms with Crippen LogP contribution < -0.4 is 10.1 Å². The van der Waals surface area contributed by atoms with E-state index in [2.05, 4.69) is 10.3 Å². The number of para-hydroxylation sites is 1. The normalized spacial score (nSPS) is 16.6. The van der Waals surface area contributed by atoms with E-state index < -0.39 is 16.4 Å². The maximum atomic E-state index is 13.1. The number of rotatable bonds is 5. The predicted molar refractivity (Wildman–Crippen MR) is 124 cm³/mol. The molecule has 0 radical (unpaired) electrons. The van der Waals surface area contributed by atoms with Crippen molar-refractivity contribution in [3.63, 3.8) is 0 Å². The lowest BCUT2D eigenvalue weighted by molar-refractivity contribution is -0.0506. The predicted octanol–water partition coefficient (Wildman–Crippen LogP) is 3.61. The monoisotopic (exact) mass is 500 g/mol. The number of ether oxygens (including phenoxy) is 2. The van der Waals surface area contributed by atoms with Crippen molar-refractivity contribution in [2.75, 3.05) is 19.5 Å². The molecule has 182 valence electrons. The van der Waals surface area contributed by atoms with Crippen LogP contribution in [0.25, 0.3) is 16.8 Å². The Morgan fingerprint density at radius 1 is 1.14 bits per heavy atom. The molecule has 0 saturated heterocycles. The van der Waals surface area contributed by atoms with Crippen LogP contribution in [0.15, 0.2) is 66.0 Å². The second-order valence-electron chi connectivity index (χ2n) is 8.16. The fourth-order valence-electron chi connectivity index (χ4n) is 4.28. The lowest BCUT2D eigenvalue weighted by Crippen LogP contribution is -2.29. The molecular formula is C24H22F2N4O4S. The molecule has 0 fully saturated rings. The summed E-state index contributed by atoms with van der Waals surface area (Å²) in [7, 11) is -3.41. The number of halogens is 2. The van der Waals surface area contributed by atoms with Gasteiger partial charge in [0.2, 0.25) is 0 Å². The summed E-state index contributed by atoms with van der Waals surface area (Å²) in [4.78, 5) is 8.81. The van der Waals surface area contributed by atoms with E-state index in [1.54, 1.807) is 24.3 Å². The Morgan fingerprint density at radius 2 is 1.94 bits per heavy atom. The van der Waals surface area contributed by atoms with Crippen molar-refractivity contribution in [3.05, 3.63) is 77.9 Å². The second kappa shape index (κ2) is 9.33. The number of alkyl halides is 2. The molecule has 5 rings (SSSR count). The van der Waals surface area contributed by atoms with Gasteiger partial charge in [-0.2, -0.15) is 8.78 Å². The highest BCUT2D eigenvalue weighted by atomic mass is 32.2. The van der Waals surface area contributed by atoms with E-state index in [1.807, 2.05) is 22.7 Å². The topological polar surface area (TPSA) is 94.8 Å². The van der Waals surface area contributed by atoms with Gasteiger partial charge in [0.25, 0.3) is 0 Å². The third-order valence-corrected chi connectivity index (χ3v) is 6.81. The summed E-state index contributed by atoms with van der Waals surface area (Å²) in [5, 5.41) is 3.20. The third kappa shape index (κ3) is 4.75. The summed E-state index contributed by atoms with van der Waals surface area (Å²) in [5.41, 5.74) is 4.28. The first-order valence-electron chi connectivity index (χ1n) is 10.8. The molecule has 8 nitrogen and oxygen atoms in total. The molecule has 1 aliphatic heterocycles. The highest BCUT2D eigenvalue weighted by Gasteiger charge is 2.28. The molecule has 35 heavy (non-hydrogen) atoms. The molecule has 0 spiro atoms. The van der Waals surface area contributed by atoms with Crippen LogP contribution >= 0.6 is 0 Å². The van der Waals surface area contributed by atoms with Crippen LogP contribution in [0, 0.1) is 0 Å². The molecule has 1 atom stereocenters. The van der Waals surface area contributed by atoms with Gasteiger partial charge < -0.3 is 13.9 Å². The molecule has 0 unspecified atom stereocenters. The minimum Gasteiger partial charge on any atom is -0.435 e. The number of pyridine rings is 2. The van der Waals surface area contributed by atoms with Crippen molar-refractivity contribution in [2.24, 2.45) is 0 Å². The molecular weight excluding hydrogens is 478 g/mol. The molecule has 4 aromatic rings. The average molecular weight is 501 g/mol. The minimum atomic E-state index is -3.41. The minimum absolute atomic E-state index is 0.00556. The van der Waals surface area contributed by atoms with Crippen molar-refractivity contribution >= 4 is 15.5 Å². The van der Waals surface area contributed by atoms with Crippen LogP contribution in [-0.2, 0) is 21.2 Å². The first kappa shape index (κ1) is 23.3. The Labute approximate surface area is 200 Å². The maximum Gasteiger partial charge on any atom is 0.387 e. The maximum absolute atomic E-state index is 13.1. The van der Waals surface area contributed by atoms with Crippen LogP contribution in [0.2, 0.25) is 0 Å². The fraction of sp³-hybridized carbons (Fsp3) is 0.250. The van der Waals surface area contributed by atoms with Crippen LogP contribution in [0.3, 0.4) is 0 Å². The number of fused-ring (bicyclic) bond motifs is 3. The zero-order chi connectivity index (χ0) is 24.6. The van der Waals surface area contributed by atoms with E-state index in [4.69, 9.17) is 14.5 Å². The van der Waals surface area contributed by atoms with Gasteiger partial charge in [-0.25, -0.2) is 18.4 Å². The summed E-state index contributed by atoms with van der Waals surface area (Å²) >= 11 is 0. The summed E-state index contributed by atoms with van der Waals surface area (Å²) in [6.45, 7) is -1.99. The van der Waals surface area contributed by atoms with Crippen molar-refractivity contribution in [1.29, 1.82) is 0 Å². The average Bonchev–Trinajstić information content (AvgIpc) is 3.16. The van der Waals surface area contributed by atoms with Gasteiger partial charge in [-0.05, 0) is 30.3 Å². The van der Waals surface area contributed by atoms with Gasteiger partial charge in [0.15, 0.2) is 14.9 Å². The van der Waals surface area contributed by atoms with Gasteiger partial charge >= 0.3 is 6.61 Å². The number of imidazole rings is 1. The molecule has 3 aromatic heterocycles. The quantitative estimate of drug-likeness (QED) is 0.447. The SMILES string of the molecule is CS(=O)(=O)c1ccc(-c2ccc3nc4c(n3c2)[C@@H](c2ccccc2OC(F)F)CNCOC4)cn1. The zero-order valence-electron chi connectivity index (χ0n) is 18.7. The number of nitrogens with zero attached hydrogens (tertiary/aromatic N) is 3. The Morgan fingerprint density at radius 3 is 2.69 bits per heavy atom. The number of nitrogens with one attached hydrogen (secondary N) is 1. The van der Waals surface area contributed by atoms with Crippen LogP contribution in [0.1, 0.15) is 22.9 Å². The number of aromatic nitrogens is 3. The fourth-order valence-corrected chi connectivity index (χ4v) is 4.84. The Kier molecular flexibility index (Phi) is 6.22. The van der Waals surface area contributed by atoms with Crippen LogP contribution in [0.5, 0.6) is 5.75 Å². The van der Waals surface area contributed by atoms with Gasteiger partial charge in [-0.15, -0.1) is 0 Å². The van der Waals surface area contributed by atoms with Gasteiger partial charge in [-0.3, -0.25) is 5.32 Å². The highest BCUT2D eigenvalue weighted by Crippen LogP contribution is 2.36. The summed E-state index contributed by atoms with van der Waals surface area (Å²) in [5.74, 6) is -0.242. The standard InChI is InChI=1S/C24H22F2N4O4S/c1-35(31,32)22-9-7-15(10-28-22)16-6-8-21-29-19-13-33-14-27-11-18(23(19)30(21)12-16)17-4-2-3-5-20(17)34-24(25)26/h2-10,12,18,24,27H,11,13-14H2,1H3/t18-/m1/s1. The van der Waals surface area contributed by atoms with E-state index in [1.165, 1.54) is 18.3 Å². The third-order valence-electron chi connectivity index (χ3n) is 5.81. The Hall–Kier alpha value is -3.41. The first-order chi connectivity index (χ1) is 16.8. The molecule has 4 heterocycles. The number of benzene rings is 1. The zero-order valence-corrected chi connectivity index (χ0v) is 19.5. The lowest BCUT2D eigenvalue weighted by Gasteiger charge is -2.24. The van der Waals surface area contributed by atoms with E-state index in [9.17, 15) is 17.2 Å². The van der Waals surface area contributed by atoms with E-state index >= 15 is 0 Å². The van der Waals surface area contributed by atoms with Crippen molar-refractivity contribution in [2.45, 2.75) is 24.2 Å². The van der Waals surface area contributed by atoms with Gasteiger partial charge in [-0.1, -0.05) is 18.2 Å². The highest BCUT2D eigenvalue weighted by molar-refractivity contribution is 7.90. The van der Waals surface area contributed by atoms with Gasteiger partial charge in [0.1, 0.15) is 11.4 Å². The molecule has 0 aliphatic carbocycles. The van der Waals surface area contributed by atoms with Crippen molar-refractivity contribution < 1.29 is 26.7 Å². The smallest absolute Gasteiger partial charge is 0.387 e. The number of hydrogen-bond donors (Lipinski definition) is 1. The summed E-state index contributed by atoms with van der Waals surface area (Å²) < 4.78 is 62.2. The summed E-state index contributed by atoms with van der Waals surface area (Å²) in [6.07, 6.45) is 4.49. The molecule has 1 N–H and O–H groups in total. The van der Waals surface area contributed by atoms with E-state index in [0.717, 1.165) is 23.1 Å². The number of sulfone groups is 1. The molecule has 0 amide bonds. The number of hydrogen-bond acceptors (Lipinski definition) is 7. The van der Waals surface area contributed by atoms with Gasteiger partial charge in [0.05, 0.1) is 24.7 Å². The Bertz CT molecular complexity index is 1470. The van der Waals surface area contributed by atoms with E-state index in [-0.39, 0.29) is 23.3 Å².